The lowest BCUT2D eigenvalue weighted by Gasteiger charge is -2.32. The van der Waals surface area contributed by atoms with Crippen molar-refractivity contribution < 1.29 is 0 Å². The Balaban J connectivity index is 1.76. The standard InChI is InChI=1S/C15H18N4/c1-12-5-6-14(18-10-12)13-4-2-9-19(11-13)15-16-7-3-8-17-15/h3,5-8,10,13H,2,4,9,11H2,1H3/t13-/m0/s1. The van der Waals surface area contributed by atoms with Gasteiger partial charge in [-0.1, -0.05) is 6.07 Å². The molecule has 0 bridgehead atoms. The zero-order chi connectivity index (χ0) is 13.1. The first kappa shape index (κ1) is 12.1. The molecular formula is C15H18N4. The maximum absolute atomic E-state index is 4.56. The van der Waals surface area contributed by atoms with Crippen molar-refractivity contribution in [2.45, 2.75) is 25.7 Å². The summed E-state index contributed by atoms with van der Waals surface area (Å²) in [5.74, 6) is 1.32. The molecule has 0 aliphatic carbocycles. The molecule has 1 aliphatic rings. The summed E-state index contributed by atoms with van der Waals surface area (Å²) in [5, 5.41) is 0. The molecule has 3 heterocycles. The third-order valence-corrected chi connectivity index (χ3v) is 3.61. The van der Waals surface area contributed by atoms with E-state index in [0.29, 0.717) is 5.92 Å². The molecule has 1 atom stereocenters. The van der Waals surface area contributed by atoms with E-state index in [4.69, 9.17) is 0 Å². The molecule has 2 aromatic heterocycles. The molecule has 19 heavy (non-hydrogen) atoms. The lowest BCUT2D eigenvalue weighted by molar-refractivity contribution is 0.495. The van der Waals surface area contributed by atoms with Gasteiger partial charge in [0, 0.05) is 43.3 Å². The Morgan fingerprint density at radius 3 is 2.74 bits per heavy atom. The lowest BCUT2D eigenvalue weighted by atomic mass is 9.94. The first-order valence-corrected chi connectivity index (χ1v) is 6.77. The van der Waals surface area contributed by atoms with Gasteiger partial charge in [-0.2, -0.15) is 0 Å². The molecule has 0 amide bonds. The van der Waals surface area contributed by atoms with Crippen molar-refractivity contribution in [3.8, 4) is 0 Å². The number of hydrogen-bond donors (Lipinski definition) is 0. The minimum atomic E-state index is 0.484. The lowest BCUT2D eigenvalue weighted by Crippen LogP contribution is -2.35. The SMILES string of the molecule is Cc1ccc([C@H]2CCCN(c3ncccn3)C2)nc1. The summed E-state index contributed by atoms with van der Waals surface area (Å²) in [6, 6.07) is 6.14. The zero-order valence-electron chi connectivity index (χ0n) is 11.2. The number of aromatic nitrogens is 3. The predicted octanol–water partition coefficient (Wildman–Crippen LogP) is 2.56. The van der Waals surface area contributed by atoms with Crippen LogP contribution in [0.4, 0.5) is 5.95 Å². The van der Waals surface area contributed by atoms with E-state index in [0.717, 1.165) is 19.0 Å². The molecule has 1 fully saturated rings. The monoisotopic (exact) mass is 254 g/mol. The van der Waals surface area contributed by atoms with Gasteiger partial charge in [-0.3, -0.25) is 4.98 Å². The maximum Gasteiger partial charge on any atom is 0.225 e. The van der Waals surface area contributed by atoms with E-state index in [9.17, 15) is 0 Å². The average molecular weight is 254 g/mol. The molecule has 1 aliphatic heterocycles. The highest BCUT2D eigenvalue weighted by Crippen LogP contribution is 2.27. The van der Waals surface area contributed by atoms with Crippen molar-refractivity contribution in [2.75, 3.05) is 18.0 Å². The molecule has 0 saturated carbocycles. The molecule has 0 spiro atoms. The summed E-state index contributed by atoms with van der Waals surface area (Å²) in [5.41, 5.74) is 2.40. The van der Waals surface area contributed by atoms with Crippen LogP contribution in [0.5, 0.6) is 0 Å². The van der Waals surface area contributed by atoms with Gasteiger partial charge in [0.1, 0.15) is 0 Å². The average Bonchev–Trinajstić information content (AvgIpc) is 2.49. The summed E-state index contributed by atoms with van der Waals surface area (Å²) in [6.45, 7) is 4.06. The van der Waals surface area contributed by atoms with Crippen molar-refractivity contribution in [3.63, 3.8) is 0 Å². The zero-order valence-corrected chi connectivity index (χ0v) is 11.2. The fraction of sp³-hybridized carbons (Fsp3) is 0.400. The van der Waals surface area contributed by atoms with Crippen LogP contribution >= 0.6 is 0 Å². The van der Waals surface area contributed by atoms with Crippen LogP contribution in [0.3, 0.4) is 0 Å². The molecule has 4 heteroatoms. The minimum absolute atomic E-state index is 0.484. The molecule has 98 valence electrons. The number of pyridine rings is 1. The molecule has 0 N–H and O–H groups in total. The van der Waals surface area contributed by atoms with Gasteiger partial charge in [0.2, 0.25) is 5.95 Å². The third kappa shape index (κ3) is 2.72. The molecule has 4 nitrogen and oxygen atoms in total. The van der Waals surface area contributed by atoms with Crippen LogP contribution in [0.1, 0.15) is 30.0 Å². The quantitative estimate of drug-likeness (QED) is 0.826. The van der Waals surface area contributed by atoms with E-state index >= 15 is 0 Å². The van der Waals surface area contributed by atoms with E-state index < -0.39 is 0 Å². The number of hydrogen-bond acceptors (Lipinski definition) is 4. The maximum atomic E-state index is 4.56. The van der Waals surface area contributed by atoms with E-state index in [1.54, 1.807) is 12.4 Å². The Hall–Kier alpha value is -1.97. The van der Waals surface area contributed by atoms with E-state index in [1.807, 2.05) is 12.3 Å². The smallest absolute Gasteiger partial charge is 0.225 e. The van der Waals surface area contributed by atoms with Crippen LogP contribution in [0.25, 0.3) is 0 Å². The number of anilines is 1. The van der Waals surface area contributed by atoms with E-state index in [2.05, 4.69) is 38.9 Å². The highest BCUT2D eigenvalue weighted by atomic mass is 15.2. The summed E-state index contributed by atoms with van der Waals surface area (Å²) in [7, 11) is 0. The fourth-order valence-electron chi connectivity index (χ4n) is 2.58. The van der Waals surface area contributed by atoms with Gasteiger partial charge in [-0.15, -0.1) is 0 Å². The van der Waals surface area contributed by atoms with Crippen LogP contribution in [-0.2, 0) is 0 Å². The molecule has 2 aromatic rings. The molecule has 0 aromatic carbocycles. The molecule has 0 radical (unpaired) electrons. The van der Waals surface area contributed by atoms with Gasteiger partial charge in [0.05, 0.1) is 0 Å². The molecule has 1 saturated heterocycles. The number of rotatable bonds is 2. The minimum Gasteiger partial charge on any atom is -0.340 e. The summed E-state index contributed by atoms with van der Waals surface area (Å²) in [4.78, 5) is 15.5. The number of piperidine rings is 1. The third-order valence-electron chi connectivity index (χ3n) is 3.61. The Morgan fingerprint density at radius 2 is 2.00 bits per heavy atom. The highest BCUT2D eigenvalue weighted by molar-refractivity contribution is 5.31. The van der Waals surface area contributed by atoms with Gasteiger partial charge >= 0.3 is 0 Å². The van der Waals surface area contributed by atoms with Gasteiger partial charge < -0.3 is 4.90 Å². The van der Waals surface area contributed by atoms with Crippen molar-refractivity contribution in [1.29, 1.82) is 0 Å². The molecule has 0 unspecified atom stereocenters. The second kappa shape index (κ2) is 5.34. The van der Waals surface area contributed by atoms with Crippen LogP contribution in [-0.4, -0.2) is 28.0 Å². The van der Waals surface area contributed by atoms with Gasteiger partial charge in [-0.25, -0.2) is 9.97 Å². The van der Waals surface area contributed by atoms with Crippen LogP contribution < -0.4 is 4.90 Å². The first-order valence-electron chi connectivity index (χ1n) is 6.77. The Morgan fingerprint density at radius 1 is 1.16 bits per heavy atom. The second-order valence-electron chi connectivity index (χ2n) is 5.09. The van der Waals surface area contributed by atoms with Crippen molar-refractivity contribution in [1.82, 2.24) is 15.0 Å². The van der Waals surface area contributed by atoms with Crippen molar-refractivity contribution in [3.05, 3.63) is 48.0 Å². The molecule has 3 rings (SSSR count). The van der Waals surface area contributed by atoms with Crippen molar-refractivity contribution >= 4 is 5.95 Å². The Bertz CT molecular complexity index is 524. The van der Waals surface area contributed by atoms with E-state index in [1.165, 1.54) is 24.1 Å². The normalized spacial score (nSPS) is 19.4. The Labute approximate surface area is 113 Å². The van der Waals surface area contributed by atoms with Crippen LogP contribution in [0.2, 0.25) is 0 Å². The Kier molecular flexibility index (Phi) is 3.40. The highest BCUT2D eigenvalue weighted by Gasteiger charge is 2.23. The van der Waals surface area contributed by atoms with E-state index in [-0.39, 0.29) is 0 Å². The van der Waals surface area contributed by atoms with Gasteiger partial charge in [-0.05, 0) is 37.5 Å². The summed E-state index contributed by atoms with van der Waals surface area (Å²) >= 11 is 0. The van der Waals surface area contributed by atoms with Gasteiger partial charge in [0.25, 0.3) is 0 Å². The fourth-order valence-corrected chi connectivity index (χ4v) is 2.58. The number of aryl methyl sites for hydroxylation is 1. The topological polar surface area (TPSA) is 41.9 Å². The van der Waals surface area contributed by atoms with Crippen LogP contribution in [0.15, 0.2) is 36.8 Å². The summed E-state index contributed by atoms with van der Waals surface area (Å²) < 4.78 is 0. The summed E-state index contributed by atoms with van der Waals surface area (Å²) in [6.07, 6.45) is 7.91. The number of nitrogens with zero attached hydrogens (tertiary/aromatic N) is 4. The van der Waals surface area contributed by atoms with Gasteiger partial charge in [0.15, 0.2) is 0 Å². The first-order chi connectivity index (χ1) is 9.33. The second-order valence-corrected chi connectivity index (χ2v) is 5.09. The van der Waals surface area contributed by atoms with Crippen molar-refractivity contribution in [2.24, 2.45) is 0 Å². The van der Waals surface area contributed by atoms with Crippen LogP contribution in [0, 0.1) is 6.92 Å². The largest absolute Gasteiger partial charge is 0.340 e. The predicted molar refractivity (Wildman–Crippen MR) is 75.2 cm³/mol. The molecular weight excluding hydrogens is 236 g/mol.